The molecule has 0 aliphatic rings. The van der Waals surface area contributed by atoms with E-state index in [-0.39, 0.29) is 0 Å². The second-order valence-electron chi connectivity index (χ2n) is 4.87. The summed E-state index contributed by atoms with van der Waals surface area (Å²) in [6, 6.07) is 3.94. The fraction of sp³-hybridized carbons (Fsp3) is 1.00. The molecule has 0 aliphatic heterocycles. The minimum absolute atomic E-state index is 0.419. The Hall–Kier alpha value is 0.177. The number of unbranched alkanes of at least 4 members (excludes halogenated alkanes) is 3. The molecule has 0 N–H and O–H groups in total. The van der Waals surface area contributed by atoms with Crippen LogP contribution in [0.15, 0.2) is 0 Å². The van der Waals surface area contributed by atoms with Gasteiger partial charge < -0.3 is 4.43 Å². The van der Waals surface area contributed by atoms with Crippen LogP contribution in [0, 0.1) is 0 Å². The van der Waals surface area contributed by atoms with Crippen LogP contribution in [-0.2, 0) is 4.43 Å². The van der Waals surface area contributed by atoms with Crippen LogP contribution >= 0.6 is 0 Å². The lowest BCUT2D eigenvalue weighted by Crippen LogP contribution is -2.39. The van der Waals surface area contributed by atoms with Gasteiger partial charge in [0.05, 0.1) is 0 Å². The van der Waals surface area contributed by atoms with Gasteiger partial charge in [-0.3, -0.25) is 0 Å². The lowest BCUT2D eigenvalue weighted by Gasteiger charge is -2.31. The van der Waals surface area contributed by atoms with Crippen molar-refractivity contribution in [2.24, 2.45) is 0 Å². The fourth-order valence-electron chi connectivity index (χ4n) is 2.20. The smallest absolute Gasteiger partial charge is 0.192 e. The first kappa shape index (κ1) is 15.2. The van der Waals surface area contributed by atoms with Crippen LogP contribution in [-0.4, -0.2) is 14.4 Å². The summed E-state index contributed by atoms with van der Waals surface area (Å²) in [5, 5.41) is 0. The van der Waals surface area contributed by atoms with Crippen LogP contribution in [0.4, 0.5) is 0 Å². The van der Waals surface area contributed by atoms with E-state index in [4.69, 9.17) is 4.43 Å². The molecule has 0 atom stereocenters. The molecule has 2 heteroatoms. The van der Waals surface area contributed by atoms with E-state index in [9.17, 15) is 0 Å². The Morgan fingerprint density at radius 1 is 0.933 bits per heavy atom. The van der Waals surface area contributed by atoms with Gasteiger partial charge in [-0.25, -0.2) is 0 Å². The van der Waals surface area contributed by atoms with Crippen LogP contribution in [0.5, 0.6) is 0 Å². The molecule has 0 bridgehead atoms. The standard InChI is InChI=1S/C13H30OSi/c1-6-9-10-11-12-15(7-2,8-3)14-13(4)5/h13H,6-12H2,1-5H3. The van der Waals surface area contributed by atoms with Gasteiger partial charge in [-0.2, -0.15) is 0 Å². The normalized spacial score (nSPS) is 12.4. The number of hydrogen-bond acceptors (Lipinski definition) is 1. The molecule has 0 fully saturated rings. The molecule has 0 amide bonds. The van der Waals surface area contributed by atoms with Gasteiger partial charge in [-0.1, -0.05) is 46.5 Å². The summed E-state index contributed by atoms with van der Waals surface area (Å²) in [6.07, 6.45) is 5.92. The van der Waals surface area contributed by atoms with Crippen molar-refractivity contribution in [1.29, 1.82) is 0 Å². The van der Waals surface area contributed by atoms with Crippen LogP contribution in [0.1, 0.15) is 60.3 Å². The Bertz CT molecular complexity index is 141. The summed E-state index contributed by atoms with van der Waals surface area (Å²) in [7, 11) is -1.36. The zero-order valence-corrected chi connectivity index (χ0v) is 12.4. The van der Waals surface area contributed by atoms with Crippen molar-refractivity contribution in [2.75, 3.05) is 0 Å². The summed E-state index contributed by atoms with van der Waals surface area (Å²) < 4.78 is 6.26. The number of hydrogen-bond donors (Lipinski definition) is 0. The molecular weight excluding hydrogens is 200 g/mol. The van der Waals surface area contributed by atoms with E-state index < -0.39 is 8.32 Å². The predicted molar refractivity (Wildman–Crippen MR) is 71.9 cm³/mol. The molecule has 15 heavy (non-hydrogen) atoms. The second kappa shape index (κ2) is 8.34. The lowest BCUT2D eigenvalue weighted by molar-refractivity contribution is 0.224. The van der Waals surface area contributed by atoms with E-state index in [2.05, 4.69) is 34.6 Å². The molecule has 0 rings (SSSR count). The van der Waals surface area contributed by atoms with Gasteiger partial charge in [0.2, 0.25) is 0 Å². The van der Waals surface area contributed by atoms with Gasteiger partial charge >= 0.3 is 0 Å². The Morgan fingerprint density at radius 2 is 1.53 bits per heavy atom. The molecule has 0 saturated carbocycles. The van der Waals surface area contributed by atoms with Crippen LogP contribution in [0.25, 0.3) is 0 Å². The molecule has 0 aromatic heterocycles. The van der Waals surface area contributed by atoms with Gasteiger partial charge in [-0.15, -0.1) is 0 Å². The molecule has 0 unspecified atom stereocenters. The highest BCUT2D eigenvalue weighted by Crippen LogP contribution is 2.26. The first-order chi connectivity index (χ1) is 7.10. The van der Waals surface area contributed by atoms with Gasteiger partial charge in [0.1, 0.15) is 0 Å². The molecule has 0 aromatic rings. The summed E-state index contributed by atoms with van der Waals surface area (Å²) >= 11 is 0. The van der Waals surface area contributed by atoms with Gasteiger partial charge in [0, 0.05) is 6.10 Å². The predicted octanol–water partition coefficient (Wildman–Crippen LogP) is 4.98. The average Bonchev–Trinajstić information content (AvgIpc) is 2.22. The molecule has 92 valence electrons. The average molecular weight is 230 g/mol. The maximum atomic E-state index is 6.26. The SMILES string of the molecule is CCCCCC[Si](CC)(CC)OC(C)C. The van der Waals surface area contributed by atoms with Crippen molar-refractivity contribution in [3.05, 3.63) is 0 Å². The zero-order valence-electron chi connectivity index (χ0n) is 11.4. The van der Waals surface area contributed by atoms with Crippen LogP contribution in [0.2, 0.25) is 18.1 Å². The van der Waals surface area contributed by atoms with Crippen LogP contribution in [0.3, 0.4) is 0 Å². The zero-order chi connectivity index (χ0) is 11.7. The Balaban J connectivity index is 4.00. The lowest BCUT2D eigenvalue weighted by atomic mass is 10.2. The topological polar surface area (TPSA) is 9.23 Å². The second-order valence-corrected chi connectivity index (χ2v) is 9.38. The molecule has 1 nitrogen and oxygen atoms in total. The van der Waals surface area contributed by atoms with E-state index in [1.807, 2.05) is 0 Å². The summed E-state index contributed by atoms with van der Waals surface area (Å²) in [4.78, 5) is 0. The van der Waals surface area contributed by atoms with Crippen LogP contribution < -0.4 is 0 Å². The Labute approximate surface area is 97.7 Å². The van der Waals surface area contributed by atoms with Gasteiger partial charge in [0.25, 0.3) is 0 Å². The summed E-state index contributed by atoms with van der Waals surface area (Å²) in [5.74, 6) is 0. The minimum Gasteiger partial charge on any atom is -0.415 e. The molecule has 0 spiro atoms. The third-order valence-electron chi connectivity index (χ3n) is 3.26. The maximum Gasteiger partial charge on any atom is 0.192 e. The molecule has 0 heterocycles. The third kappa shape index (κ3) is 6.36. The fourth-order valence-corrected chi connectivity index (χ4v) is 5.76. The van der Waals surface area contributed by atoms with E-state index in [1.54, 1.807) is 0 Å². The highest BCUT2D eigenvalue weighted by Gasteiger charge is 2.31. The summed E-state index contributed by atoms with van der Waals surface area (Å²) in [6.45, 7) is 11.3. The van der Waals surface area contributed by atoms with Crippen molar-refractivity contribution >= 4 is 8.32 Å². The molecular formula is C13H30OSi. The summed E-state index contributed by atoms with van der Waals surface area (Å²) in [5.41, 5.74) is 0. The molecule has 0 aliphatic carbocycles. The largest absolute Gasteiger partial charge is 0.415 e. The number of rotatable bonds is 9. The molecule has 0 aromatic carbocycles. The van der Waals surface area contributed by atoms with E-state index in [0.29, 0.717) is 6.10 Å². The highest BCUT2D eigenvalue weighted by molar-refractivity contribution is 6.73. The van der Waals surface area contributed by atoms with E-state index >= 15 is 0 Å². The monoisotopic (exact) mass is 230 g/mol. The molecule has 0 saturated heterocycles. The van der Waals surface area contributed by atoms with Crippen molar-refractivity contribution in [2.45, 2.75) is 84.5 Å². The van der Waals surface area contributed by atoms with Crippen molar-refractivity contribution < 1.29 is 4.43 Å². The first-order valence-electron chi connectivity index (χ1n) is 6.78. The van der Waals surface area contributed by atoms with E-state index in [0.717, 1.165) is 0 Å². The minimum atomic E-state index is -1.36. The molecule has 0 radical (unpaired) electrons. The maximum absolute atomic E-state index is 6.26. The van der Waals surface area contributed by atoms with Crippen molar-refractivity contribution in [1.82, 2.24) is 0 Å². The van der Waals surface area contributed by atoms with Crippen molar-refractivity contribution in [3.8, 4) is 0 Å². The van der Waals surface area contributed by atoms with Gasteiger partial charge in [-0.05, 0) is 32.0 Å². The first-order valence-corrected chi connectivity index (χ1v) is 9.31. The quantitative estimate of drug-likeness (QED) is 0.401. The Kier molecular flexibility index (Phi) is 8.44. The Morgan fingerprint density at radius 3 is 1.93 bits per heavy atom. The van der Waals surface area contributed by atoms with E-state index in [1.165, 1.54) is 43.8 Å². The van der Waals surface area contributed by atoms with Crippen molar-refractivity contribution in [3.63, 3.8) is 0 Å². The van der Waals surface area contributed by atoms with Gasteiger partial charge in [0.15, 0.2) is 8.32 Å². The highest BCUT2D eigenvalue weighted by atomic mass is 28.4. The third-order valence-corrected chi connectivity index (χ3v) is 8.07.